The van der Waals surface area contributed by atoms with Crippen LogP contribution in [-0.4, -0.2) is 11.0 Å². The van der Waals surface area contributed by atoms with E-state index in [4.69, 9.17) is 5.11 Å². The van der Waals surface area contributed by atoms with Crippen LogP contribution in [-0.2, 0) is 11.3 Å². The van der Waals surface area contributed by atoms with Crippen molar-refractivity contribution in [1.29, 1.82) is 0 Å². The molecule has 2 aromatic carbocycles. The number of amides is 1. The SMILES string of the molecule is O=C(/C=C/c1ccccc1)NCc1ccc(O)cc1. The second-order valence-electron chi connectivity index (χ2n) is 4.13. The third kappa shape index (κ3) is 4.32. The van der Waals surface area contributed by atoms with Gasteiger partial charge in [0.1, 0.15) is 5.75 Å². The molecule has 0 aliphatic heterocycles. The number of phenolic OH excluding ortho intramolecular Hbond substituents is 1. The Morgan fingerprint density at radius 2 is 1.74 bits per heavy atom. The molecule has 0 spiro atoms. The molecule has 2 N–H and O–H groups in total. The second kappa shape index (κ2) is 6.40. The van der Waals surface area contributed by atoms with E-state index in [-0.39, 0.29) is 11.7 Å². The standard InChI is InChI=1S/C16H15NO2/c18-15-9-6-14(7-10-15)12-17-16(19)11-8-13-4-2-1-3-5-13/h1-11,18H,12H2,(H,17,19)/b11-8+. The second-order valence-corrected chi connectivity index (χ2v) is 4.13. The Morgan fingerprint density at radius 3 is 2.42 bits per heavy atom. The van der Waals surface area contributed by atoms with Crippen molar-refractivity contribution in [1.82, 2.24) is 5.32 Å². The summed E-state index contributed by atoms with van der Waals surface area (Å²) in [5.41, 5.74) is 1.93. The molecule has 3 nitrogen and oxygen atoms in total. The normalized spacial score (nSPS) is 10.5. The molecular weight excluding hydrogens is 238 g/mol. The first-order valence-corrected chi connectivity index (χ1v) is 6.03. The number of benzene rings is 2. The van der Waals surface area contributed by atoms with E-state index in [2.05, 4.69) is 5.32 Å². The van der Waals surface area contributed by atoms with E-state index in [9.17, 15) is 4.79 Å². The molecule has 1 amide bonds. The highest BCUT2D eigenvalue weighted by atomic mass is 16.3. The summed E-state index contributed by atoms with van der Waals surface area (Å²) in [5.74, 6) is 0.0796. The number of carbonyl (C=O) groups is 1. The van der Waals surface area contributed by atoms with Gasteiger partial charge in [-0.15, -0.1) is 0 Å². The van der Waals surface area contributed by atoms with Gasteiger partial charge in [0.15, 0.2) is 0 Å². The number of aromatic hydroxyl groups is 1. The predicted octanol–water partition coefficient (Wildman–Crippen LogP) is 2.72. The lowest BCUT2D eigenvalue weighted by Crippen LogP contribution is -2.20. The molecule has 0 unspecified atom stereocenters. The van der Waals surface area contributed by atoms with Gasteiger partial charge in [0.2, 0.25) is 5.91 Å². The molecule has 0 aliphatic carbocycles. The first-order valence-electron chi connectivity index (χ1n) is 6.03. The van der Waals surface area contributed by atoms with Gasteiger partial charge in [0.25, 0.3) is 0 Å². The first kappa shape index (κ1) is 12.9. The predicted molar refractivity (Wildman–Crippen MR) is 75.4 cm³/mol. The molecule has 3 heteroatoms. The fourth-order valence-corrected chi connectivity index (χ4v) is 1.60. The molecule has 2 aromatic rings. The van der Waals surface area contributed by atoms with Gasteiger partial charge in [-0.2, -0.15) is 0 Å². The zero-order valence-corrected chi connectivity index (χ0v) is 10.4. The number of nitrogens with one attached hydrogen (secondary N) is 1. The fraction of sp³-hybridized carbons (Fsp3) is 0.0625. The third-order valence-corrected chi connectivity index (χ3v) is 2.63. The third-order valence-electron chi connectivity index (χ3n) is 2.63. The molecular formula is C16H15NO2. The monoisotopic (exact) mass is 253 g/mol. The molecule has 0 atom stereocenters. The van der Waals surface area contributed by atoms with E-state index in [1.165, 1.54) is 6.08 Å². The molecule has 0 fully saturated rings. The quantitative estimate of drug-likeness (QED) is 0.823. The van der Waals surface area contributed by atoms with Gasteiger partial charge in [-0.3, -0.25) is 4.79 Å². The van der Waals surface area contributed by atoms with Crippen molar-refractivity contribution in [3.8, 4) is 5.75 Å². The minimum Gasteiger partial charge on any atom is -0.508 e. The lowest BCUT2D eigenvalue weighted by Gasteiger charge is -2.02. The van der Waals surface area contributed by atoms with Crippen molar-refractivity contribution in [3.05, 3.63) is 71.8 Å². The molecule has 0 radical (unpaired) electrons. The average molecular weight is 253 g/mol. The Kier molecular flexibility index (Phi) is 4.34. The van der Waals surface area contributed by atoms with Gasteiger partial charge in [-0.1, -0.05) is 42.5 Å². The molecule has 0 aromatic heterocycles. The topological polar surface area (TPSA) is 49.3 Å². The van der Waals surface area contributed by atoms with Crippen LogP contribution in [0.1, 0.15) is 11.1 Å². The number of carbonyl (C=O) groups excluding carboxylic acids is 1. The van der Waals surface area contributed by atoms with Gasteiger partial charge < -0.3 is 10.4 Å². The molecule has 19 heavy (non-hydrogen) atoms. The number of rotatable bonds is 4. The van der Waals surface area contributed by atoms with Crippen LogP contribution >= 0.6 is 0 Å². The van der Waals surface area contributed by atoms with Crippen molar-refractivity contribution < 1.29 is 9.90 Å². The van der Waals surface area contributed by atoms with E-state index in [0.717, 1.165) is 11.1 Å². The van der Waals surface area contributed by atoms with Crippen LogP contribution < -0.4 is 5.32 Å². The molecule has 0 aliphatic rings. The Hall–Kier alpha value is -2.55. The summed E-state index contributed by atoms with van der Waals surface area (Å²) in [4.78, 5) is 11.6. The van der Waals surface area contributed by atoms with Crippen LogP contribution in [0.2, 0.25) is 0 Å². The Morgan fingerprint density at radius 1 is 1.05 bits per heavy atom. The van der Waals surface area contributed by atoms with Crippen molar-refractivity contribution >= 4 is 12.0 Å². The van der Waals surface area contributed by atoms with Crippen molar-refractivity contribution in [2.45, 2.75) is 6.54 Å². The van der Waals surface area contributed by atoms with E-state index in [0.29, 0.717) is 6.54 Å². The van der Waals surface area contributed by atoms with Crippen molar-refractivity contribution in [2.24, 2.45) is 0 Å². The van der Waals surface area contributed by atoms with Crippen LogP contribution in [0.4, 0.5) is 0 Å². The van der Waals surface area contributed by atoms with Gasteiger partial charge in [0, 0.05) is 12.6 Å². The van der Waals surface area contributed by atoms with Crippen LogP contribution in [0.3, 0.4) is 0 Å². The molecule has 0 saturated heterocycles. The maximum absolute atomic E-state index is 11.6. The molecule has 0 bridgehead atoms. The zero-order valence-electron chi connectivity index (χ0n) is 10.4. The Bertz CT molecular complexity index is 559. The summed E-state index contributed by atoms with van der Waals surface area (Å²) in [7, 11) is 0. The van der Waals surface area contributed by atoms with Crippen LogP contribution in [0.15, 0.2) is 60.7 Å². The maximum Gasteiger partial charge on any atom is 0.244 e. The van der Waals surface area contributed by atoms with Gasteiger partial charge in [0.05, 0.1) is 0 Å². The Labute approximate surface area is 112 Å². The highest BCUT2D eigenvalue weighted by Crippen LogP contribution is 2.09. The first-order chi connectivity index (χ1) is 9.24. The average Bonchev–Trinajstić information content (AvgIpc) is 2.45. The number of hydrogen-bond donors (Lipinski definition) is 2. The highest BCUT2D eigenvalue weighted by Gasteiger charge is 1.97. The number of phenols is 1. The van der Waals surface area contributed by atoms with Gasteiger partial charge in [-0.05, 0) is 29.3 Å². The van der Waals surface area contributed by atoms with Crippen molar-refractivity contribution in [2.75, 3.05) is 0 Å². The van der Waals surface area contributed by atoms with Gasteiger partial charge >= 0.3 is 0 Å². The lowest BCUT2D eigenvalue weighted by molar-refractivity contribution is -0.116. The molecule has 2 rings (SSSR count). The van der Waals surface area contributed by atoms with Crippen LogP contribution in [0, 0.1) is 0 Å². The summed E-state index contributed by atoms with van der Waals surface area (Å²) in [6.07, 6.45) is 3.28. The van der Waals surface area contributed by atoms with Crippen molar-refractivity contribution in [3.63, 3.8) is 0 Å². The lowest BCUT2D eigenvalue weighted by atomic mass is 10.2. The minimum absolute atomic E-state index is 0.142. The van der Waals surface area contributed by atoms with E-state index in [1.807, 2.05) is 30.3 Å². The molecule has 0 saturated carbocycles. The summed E-state index contributed by atoms with van der Waals surface area (Å²) in [5, 5.41) is 11.9. The summed E-state index contributed by atoms with van der Waals surface area (Å²) < 4.78 is 0. The molecule has 0 heterocycles. The Balaban J connectivity index is 1.85. The van der Waals surface area contributed by atoms with E-state index in [1.54, 1.807) is 30.3 Å². The smallest absolute Gasteiger partial charge is 0.244 e. The maximum atomic E-state index is 11.6. The summed E-state index contributed by atoms with van der Waals surface area (Å²) in [6.45, 7) is 0.443. The van der Waals surface area contributed by atoms with Crippen LogP contribution in [0.25, 0.3) is 6.08 Å². The molecule has 96 valence electrons. The zero-order chi connectivity index (χ0) is 13.5. The van der Waals surface area contributed by atoms with Gasteiger partial charge in [-0.25, -0.2) is 0 Å². The largest absolute Gasteiger partial charge is 0.508 e. The van der Waals surface area contributed by atoms with E-state index < -0.39 is 0 Å². The van der Waals surface area contributed by atoms with E-state index >= 15 is 0 Å². The highest BCUT2D eigenvalue weighted by molar-refractivity contribution is 5.91. The summed E-state index contributed by atoms with van der Waals surface area (Å²) in [6, 6.07) is 16.4. The summed E-state index contributed by atoms with van der Waals surface area (Å²) >= 11 is 0. The number of hydrogen-bond acceptors (Lipinski definition) is 2. The fourth-order valence-electron chi connectivity index (χ4n) is 1.60. The minimum atomic E-state index is -0.142. The van der Waals surface area contributed by atoms with Crippen LogP contribution in [0.5, 0.6) is 5.75 Å².